The molecule has 0 amide bonds. The average Bonchev–Trinajstić information content (AvgIpc) is 3.39. The number of anilines is 1. The maximum atomic E-state index is 11.3. The molecule has 3 heterocycles. The molecule has 0 spiro atoms. The number of carboxylic acids is 2. The Balaban J connectivity index is 1.54. The van der Waals surface area contributed by atoms with E-state index in [0.29, 0.717) is 16.7 Å². The van der Waals surface area contributed by atoms with Crippen molar-refractivity contribution in [2.45, 2.75) is 43.5 Å². The number of aromatic nitrogens is 4. The zero-order chi connectivity index (χ0) is 26.0. The fraction of sp³-hybridized carbons (Fsp3) is 0.409. The van der Waals surface area contributed by atoms with Gasteiger partial charge in [-0.05, 0) is 24.1 Å². The van der Waals surface area contributed by atoms with Crippen LogP contribution in [0.25, 0.3) is 11.2 Å². The Morgan fingerprint density at radius 2 is 1.94 bits per heavy atom. The summed E-state index contributed by atoms with van der Waals surface area (Å²) < 4.78 is 7.46. The number of hydrogen-bond donors (Lipinski definition) is 6. The number of carbonyl (C=O) groups is 2. The highest BCUT2D eigenvalue weighted by atomic mass is 16.6. The van der Waals surface area contributed by atoms with Crippen LogP contribution >= 0.6 is 0 Å². The van der Waals surface area contributed by atoms with Gasteiger partial charge in [0.15, 0.2) is 17.7 Å². The van der Waals surface area contributed by atoms with Crippen molar-refractivity contribution in [3.8, 4) is 0 Å². The minimum Gasteiger partial charge on any atom is -0.480 e. The monoisotopic (exact) mass is 501 g/mol. The van der Waals surface area contributed by atoms with Crippen molar-refractivity contribution in [3.05, 3.63) is 48.0 Å². The van der Waals surface area contributed by atoms with Crippen LogP contribution < -0.4 is 11.5 Å². The number of hydrogen-bond acceptors (Lipinski definition) is 11. The largest absolute Gasteiger partial charge is 0.480 e. The van der Waals surface area contributed by atoms with Gasteiger partial charge in [-0.15, -0.1) is 0 Å². The van der Waals surface area contributed by atoms with Crippen molar-refractivity contribution in [2.75, 3.05) is 18.8 Å². The Morgan fingerprint density at radius 3 is 2.67 bits per heavy atom. The van der Waals surface area contributed by atoms with Gasteiger partial charge in [-0.3, -0.25) is 14.3 Å². The normalized spacial score (nSPS) is 22.8. The number of imidazole rings is 1. The van der Waals surface area contributed by atoms with E-state index in [4.69, 9.17) is 21.3 Å². The highest BCUT2D eigenvalue weighted by Crippen LogP contribution is 2.32. The first-order chi connectivity index (χ1) is 17.2. The number of fused-ring (bicyclic) bond motifs is 1. The Morgan fingerprint density at radius 1 is 1.17 bits per heavy atom. The van der Waals surface area contributed by atoms with Crippen molar-refractivity contribution in [1.29, 1.82) is 0 Å². The van der Waals surface area contributed by atoms with Gasteiger partial charge in [-0.2, -0.15) is 0 Å². The Labute approximate surface area is 204 Å². The van der Waals surface area contributed by atoms with E-state index in [1.807, 2.05) is 0 Å². The van der Waals surface area contributed by atoms with Crippen LogP contribution in [0, 0.1) is 0 Å². The van der Waals surface area contributed by atoms with Crippen molar-refractivity contribution in [2.24, 2.45) is 5.73 Å². The van der Waals surface area contributed by atoms with Gasteiger partial charge in [-0.25, -0.2) is 19.7 Å². The lowest BCUT2D eigenvalue weighted by Crippen LogP contribution is -2.42. The Bertz CT molecular complexity index is 1250. The standard InChI is InChI=1S/C22H27N7O7/c23-13(22(34)35)4-5-28(7-11-2-1-3-12(6-11)21(32)33)8-14-16(30)17(31)20(36-14)29-10-27-15-18(24)25-9-26-19(15)29/h1-3,6,9-10,13-14,16-17,20,30-31H,4-5,7-8,23H2,(H,32,33)(H,34,35)(H2,24,25,26)/t13-,14+,16+,17+,20+/m0/s1. The number of carboxylic acid groups (broad SMARTS) is 2. The number of ether oxygens (including phenoxy) is 1. The molecule has 1 aliphatic rings. The number of aromatic carboxylic acids is 1. The number of nitrogens with zero attached hydrogens (tertiary/aromatic N) is 5. The third-order valence-electron chi connectivity index (χ3n) is 6.09. The summed E-state index contributed by atoms with van der Waals surface area (Å²) in [5.74, 6) is -2.06. The lowest BCUT2D eigenvalue weighted by molar-refractivity contribution is -0.138. The van der Waals surface area contributed by atoms with Crippen LogP contribution in [-0.2, 0) is 16.1 Å². The number of aliphatic hydroxyl groups excluding tert-OH is 2. The molecule has 1 saturated heterocycles. The molecule has 3 aromatic rings. The van der Waals surface area contributed by atoms with Gasteiger partial charge in [0.2, 0.25) is 0 Å². The van der Waals surface area contributed by atoms with E-state index in [1.54, 1.807) is 17.0 Å². The minimum atomic E-state index is -1.32. The van der Waals surface area contributed by atoms with E-state index in [1.165, 1.54) is 29.4 Å². The predicted octanol–water partition coefficient (Wildman–Crippen LogP) is -0.970. The highest BCUT2D eigenvalue weighted by molar-refractivity contribution is 5.87. The summed E-state index contributed by atoms with van der Waals surface area (Å²) in [5, 5.41) is 39.9. The van der Waals surface area contributed by atoms with Crippen LogP contribution in [0.2, 0.25) is 0 Å². The average molecular weight is 502 g/mol. The van der Waals surface area contributed by atoms with Gasteiger partial charge in [0.25, 0.3) is 0 Å². The van der Waals surface area contributed by atoms with Crippen LogP contribution in [0.15, 0.2) is 36.9 Å². The molecule has 8 N–H and O–H groups in total. The second kappa shape index (κ2) is 10.5. The fourth-order valence-electron chi connectivity index (χ4n) is 4.16. The number of aliphatic carboxylic acids is 1. The topological polar surface area (TPSA) is 223 Å². The molecular weight excluding hydrogens is 474 g/mol. The molecule has 192 valence electrons. The number of aliphatic hydroxyl groups is 2. The van der Waals surface area contributed by atoms with E-state index >= 15 is 0 Å². The van der Waals surface area contributed by atoms with Gasteiger partial charge in [0, 0.05) is 19.6 Å². The first kappa shape index (κ1) is 25.4. The number of nitrogens with two attached hydrogens (primary N) is 2. The minimum absolute atomic E-state index is 0.0993. The van der Waals surface area contributed by atoms with E-state index < -0.39 is 42.5 Å². The summed E-state index contributed by atoms with van der Waals surface area (Å²) in [7, 11) is 0. The molecule has 0 bridgehead atoms. The van der Waals surface area contributed by atoms with Gasteiger partial charge in [0.1, 0.15) is 36.2 Å². The van der Waals surface area contributed by atoms with Crippen LogP contribution in [0.1, 0.15) is 28.6 Å². The van der Waals surface area contributed by atoms with E-state index in [0.717, 1.165) is 0 Å². The molecule has 14 nitrogen and oxygen atoms in total. The summed E-state index contributed by atoms with van der Waals surface area (Å²) in [4.78, 5) is 36.5. The molecule has 14 heteroatoms. The van der Waals surface area contributed by atoms with Crippen LogP contribution in [0.5, 0.6) is 0 Å². The van der Waals surface area contributed by atoms with Crippen molar-refractivity contribution in [3.63, 3.8) is 0 Å². The van der Waals surface area contributed by atoms with Crippen molar-refractivity contribution in [1.82, 2.24) is 24.4 Å². The molecule has 5 atom stereocenters. The highest BCUT2D eigenvalue weighted by Gasteiger charge is 2.45. The predicted molar refractivity (Wildman–Crippen MR) is 125 cm³/mol. The van der Waals surface area contributed by atoms with E-state index in [2.05, 4.69) is 15.0 Å². The number of rotatable bonds is 10. The lowest BCUT2D eigenvalue weighted by Gasteiger charge is -2.27. The molecular formula is C22H27N7O7. The van der Waals surface area contributed by atoms with Crippen LogP contribution in [-0.4, -0.2) is 94.2 Å². The van der Waals surface area contributed by atoms with Gasteiger partial charge in [-0.1, -0.05) is 12.1 Å². The van der Waals surface area contributed by atoms with E-state index in [-0.39, 0.29) is 37.4 Å². The first-order valence-corrected chi connectivity index (χ1v) is 11.1. The summed E-state index contributed by atoms with van der Waals surface area (Å²) in [6.45, 7) is 0.552. The molecule has 0 radical (unpaired) electrons. The molecule has 2 aromatic heterocycles. The maximum absolute atomic E-state index is 11.3. The molecule has 0 saturated carbocycles. The van der Waals surface area contributed by atoms with E-state index in [9.17, 15) is 24.9 Å². The molecule has 4 rings (SSSR count). The molecule has 0 unspecified atom stereocenters. The maximum Gasteiger partial charge on any atom is 0.335 e. The van der Waals surface area contributed by atoms with Crippen molar-refractivity contribution < 1.29 is 34.8 Å². The third-order valence-corrected chi connectivity index (χ3v) is 6.09. The first-order valence-electron chi connectivity index (χ1n) is 11.1. The number of nitrogen functional groups attached to an aromatic ring is 1. The molecule has 1 fully saturated rings. The summed E-state index contributed by atoms with van der Waals surface area (Å²) >= 11 is 0. The molecule has 0 aliphatic carbocycles. The van der Waals surface area contributed by atoms with Gasteiger partial charge < -0.3 is 36.6 Å². The van der Waals surface area contributed by atoms with Gasteiger partial charge >= 0.3 is 11.9 Å². The fourth-order valence-corrected chi connectivity index (χ4v) is 4.16. The third kappa shape index (κ3) is 5.27. The van der Waals surface area contributed by atoms with Crippen molar-refractivity contribution >= 4 is 28.9 Å². The zero-order valence-electron chi connectivity index (χ0n) is 19.1. The smallest absolute Gasteiger partial charge is 0.335 e. The SMILES string of the molecule is Nc1ncnc2c1ncn2[C@@H]1O[C@H](CN(CC[C@H](N)C(=O)O)Cc2cccc(C(=O)O)c2)[C@@H](O)[C@H]1O. The molecule has 1 aliphatic heterocycles. The van der Waals surface area contributed by atoms with Gasteiger partial charge in [0.05, 0.1) is 11.9 Å². The summed E-state index contributed by atoms with van der Waals surface area (Å²) in [6, 6.07) is 5.22. The second-order valence-electron chi connectivity index (χ2n) is 8.60. The second-order valence-corrected chi connectivity index (χ2v) is 8.60. The Kier molecular flexibility index (Phi) is 7.42. The number of benzene rings is 1. The summed E-state index contributed by atoms with van der Waals surface area (Å²) in [5.41, 5.74) is 12.9. The zero-order valence-corrected chi connectivity index (χ0v) is 19.1. The molecule has 1 aromatic carbocycles. The molecule has 36 heavy (non-hydrogen) atoms. The lowest BCUT2D eigenvalue weighted by atomic mass is 10.1. The van der Waals surface area contributed by atoms with Crippen LogP contribution in [0.3, 0.4) is 0 Å². The van der Waals surface area contributed by atoms with Crippen LogP contribution in [0.4, 0.5) is 5.82 Å². The Hall–Kier alpha value is -3.69. The quantitative estimate of drug-likeness (QED) is 0.197. The summed E-state index contributed by atoms with van der Waals surface area (Å²) in [6.07, 6.45) is -1.74.